The zero-order valence-corrected chi connectivity index (χ0v) is 10.1. The van der Waals surface area contributed by atoms with Crippen molar-refractivity contribution >= 4 is 16.4 Å². The summed E-state index contributed by atoms with van der Waals surface area (Å²) in [5, 5.41) is 0. The van der Waals surface area contributed by atoms with Gasteiger partial charge in [0.1, 0.15) is 17.0 Å². The number of carbonyl (C=O) groups excluding carboxylic acids is 1. The maximum absolute atomic E-state index is 12.7. The van der Waals surface area contributed by atoms with Gasteiger partial charge in [-0.2, -0.15) is 8.42 Å². The third kappa shape index (κ3) is 3.14. The van der Waals surface area contributed by atoms with Crippen LogP contribution in [0.15, 0.2) is 23.1 Å². The molecule has 0 bridgehead atoms. The summed E-state index contributed by atoms with van der Waals surface area (Å²) in [5.41, 5.74) is -0.0194. The van der Waals surface area contributed by atoms with Crippen LogP contribution in [0.5, 0.6) is 0 Å². The molecule has 14 heavy (non-hydrogen) atoms. The van der Waals surface area contributed by atoms with Gasteiger partial charge in [0.25, 0.3) is 10.1 Å². The van der Waals surface area contributed by atoms with Crippen LogP contribution < -0.4 is 29.6 Å². The molecular formula is C7H6FNaO4S. The van der Waals surface area contributed by atoms with E-state index in [0.29, 0.717) is 6.29 Å². The Morgan fingerprint density at radius 1 is 1.43 bits per heavy atom. The van der Waals surface area contributed by atoms with Crippen LogP contribution in [0.2, 0.25) is 0 Å². The van der Waals surface area contributed by atoms with Crippen molar-refractivity contribution in [1.82, 2.24) is 0 Å². The van der Waals surface area contributed by atoms with E-state index in [0.717, 1.165) is 18.2 Å². The molecule has 0 saturated carbocycles. The minimum Gasteiger partial charge on any atom is -1.00 e. The summed E-state index contributed by atoms with van der Waals surface area (Å²) >= 11 is 0. The number of aldehydes is 1. The first-order chi connectivity index (χ1) is 5.95. The summed E-state index contributed by atoms with van der Waals surface area (Å²) in [7, 11) is -4.60. The van der Waals surface area contributed by atoms with Crippen LogP contribution >= 0.6 is 0 Å². The molecule has 0 atom stereocenters. The van der Waals surface area contributed by atoms with Crippen LogP contribution in [0, 0.1) is 5.82 Å². The second kappa shape index (κ2) is 4.99. The number of halogens is 1. The van der Waals surface area contributed by atoms with Gasteiger partial charge in [-0.05, 0) is 18.2 Å². The first-order valence-electron chi connectivity index (χ1n) is 3.17. The molecule has 4 nitrogen and oxygen atoms in total. The first-order valence-corrected chi connectivity index (χ1v) is 4.61. The fraction of sp³-hybridized carbons (Fsp3) is 0. The fourth-order valence-corrected chi connectivity index (χ4v) is 1.39. The molecule has 72 valence electrons. The Bertz CT molecular complexity index is 448. The molecule has 0 saturated heterocycles. The topological polar surface area (TPSA) is 71.4 Å². The second-order valence-electron chi connectivity index (χ2n) is 2.28. The number of carbonyl (C=O) groups is 1. The van der Waals surface area contributed by atoms with Crippen LogP contribution in [0.3, 0.4) is 0 Å². The average Bonchev–Trinajstić information content (AvgIpc) is 2.03. The maximum atomic E-state index is 12.7. The van der Waals surface area contributed by atoms with Crippen LogP contribution in [0.1, 0.15) is 11.8 Å². The van der Waals surface area contributed by atoms with Gasteiger partial charge in [0.05, 0.1) is 0 Å². The largest absolute Gasteiger partial charge is 1.00 e. The predicted molar refractivity (Wildman–Crippen MR) is 42.7 cm³/mol. The Morgan fingerprint density at radius 2 is 2.00 bits per heavy atom. The summed E-state index contributed by atoms with van der Waals surface area (Å²) in [5.74, 6) is -1.09. The minimum atomic E-state index is -4.60. The van der Waals surface area contributed by atoms with Gasteiger partial charge in [0, 0.05) is 5.56 Å². The van der Waals surface area contributed by atoms with Gasteiger partial charge in [0.15, 0.2) is 0 Å². The smallest absolute Gasteiger partial charge is 1.00 e. The van der Waals surface area contributed by atoms with E-state index in [-0.39, 0.29) is 36.5 Å². The quantitative estimate of drug-likeness (QED) is 0.361. The van der Waals surface area contributed by atoms with Crippen LogP contribution in [0.4, 0.5) is 4.39 Å². The van der Waals surface area contributed by atoms with Crippen molar-refractivity contribution in [1.29, 1.82) is 0 Å². The molecule has 0 radical (unpaired) electrons. The van der Waals surface area contributed by atoms with Gasteiger partial charge < -0.3 is 1.43 Å². The van der Waals surface area contributed by atoms with E-state index in [1.807, 2.05) is 0 Å². The van der Waals surface area contributed by atoms with Crippen LogP contribution in [-0.2, 0) is 10.1 Å². The molecule has 0 aliphatic rings. The molecule has 0 aromatic heterocycles. The molecule has 7 heteroatoms. The molecule has 0 amide bonds. The molecular weight excluding hydrogens is 222 g/mol. The monoisotopic (exact) mass is 228 g/mol. The second-order valence-corrected chi connectivity index (χ2v) is 3.67. The van der Waals surface area contributed by atoms with Crippen molar-refractivity contribution in [2.75, 3.05) is 0 Å². The number of rotatable bonds is 2. The maximum Gasteiger partial charge on any atom is 1.00 e. The van der Waals surface area contributed by atoms with Crippen molar-refractivity contribution in [3.05, 3.63) is 29.6 Å². The summed E-state index contributed by atoms with van der Waals surface area (Å²) in [4.78, 5) is 9.31. The van der Waals surface area contributed by atoms with E-state index in [9.17, 15) is 17.6 Å². The molecule has 0 heterocycles. The average molecular weight is 228 g/mol. The van der Waals surface area contributed by atoms with Crippen molar-refractivity contribution in [3.63, 3.8) is 0 Å². The molecule has 0 spiro atoms. The summed E-state index contributed by atoms with van der Waals surface area (Å²) < 4.78 is 42.3. The number of hydrogen-bond acceptors (Lipinski definition) is 3. The van der Waals surface area contributed by atoms with Crippen LogP contribution in [-0.4, -0.2) is 19.3 Å². The predicted octanol–water partition coefficient (Wildman–Crippen LogP) is -2.00. The first kappa shape index (κ1) is 13.7. The standard InChI is InChI=1S/C7H5FO4S.Na.H/c8-6-2-1-5(4-9)3-7(6)13(10,11)12;;/h1-4H,(H,10,11,12);;/q;+1;-1. The van der Waals surface area contributed by atoms with E-state index < -0.39 is 20.8 Å². The fourth-order valence-electron chi connectivity index (χ4n) is 0.791. The van der Waals surface area contributed by atoms with Crippen molar-refractivity contribution in [3.8, 4) is 0 Å². The van der Waals surface area contributed by atoms with Gasteiger partial charge in [-0.15, -0.1) is 0 Å². The van der Waals surface area contributed by atoms with Gasteiger partial charge in [-0.3, -0.25) is 9.35 Å². The molecule has 1 rings (SSSR count). The van der Waals surface area contributed by atoms with Gasteiger partial charge in [0.2, 0.25) is 0 Å². The Balaban J connectivity index is 0. The normalized spacial score (nSPS) is 10.4. The molecule has 0 fully saturated rings. The van der Waals surface area contributed by atoms with Gasteiger partial charge >= 0.3 is 29.6 Å². The van der Waals surface area contributed by atoms with Crippen molar-refractivity contribution in [2.45, 2.75) is 4.90 Å². The van der Waals surface area contributed by atoms with Gasteiger partial charge in [-0.25, -0.2) is 4.39 Å². The molecule has 0 aliphatic carbocycles. The number of benzene rings is 1. The molecule has 0 aliphatic heterocycles. The van der Waals surface area contributed by atoms with E-state index >= 15 is 0 Å². The minimum absolute atomic E-state index is 0. The summed E-state index contributed by atoms with van der Waals surface area (Å²) in [6.07, 6.45) is 0.355. The van der Waals surface area contributed by atoms with E-state index in [1.54, 1.807) is 0 Å². The van der Waals surface area contributed by atoms with E-state index in [1.165, 1.54) is 0 Å². The van der Waals surface area contributed by atoms with Crippen molar-refractivity contribution < 1.29 is 53.1 Å². The molecule has 1 aromatic rings. The zero-order chi connectivity index (χ0) is 10.1. The number of hydrogen-bond donors (Lipinski definition) is 1. The Labute approximate surface area is 104 Å². The van der Waals surface area contributed by atoms with Crippen molar-refractivity contribution in [2.24, 2.45) is 0 Å². The Hall–Kier alpha value is -0.270. The summed E-state index contributed by atoms with van der Waals surface area (Å²) in [6.45, 7) is 0. The van der Waals surface area contributed by atoms with Gasteiger partial charge in [-0.1, -0.05) is 0 Å². The van der Waals surface area contributed by atoms with E-state index in [4.69, 9.17) is 4.55 Å². The summed E-state index contributed by atoms with van der Waals surface area (Å²) in [6, 6.07) is 2.67. The molecule has 1 aromatic carbocycles. The molecule has 0 unspecified atom stereocenters. The Morgan fingerprint density at radius 3 is 2.43 bits per heavy atom. The SMILES string of the molecule is O=Cc1ccc(F)c(S(=O)(=O)O)c1.[H-].[Na+]. The molecule has 1 N–H and O–H groups in total. The van der Waals surface area contributed by atoms with Crippen LogP contribution in [0.25, 0.3) is 0 Å². The third-order valence-electron chi connectivity index (χ3n) is 1.37. The zero-order valence-electron chi connectivity index (χ0n) is 8.27. The van der Waals surface area contributed by atoms with E-state index in [2.05, 4.69) is 0 Å². The Kier molecular flexibility index (Phi) is 4.90. The third-order valence-corrected chi connectivity index (χ3v) is 2.24.